The molecular formula is C14H20N2O3S. The van der Waals surface area contributed by atoms with Crippen molar-refractivity contribution < 1.29 is 14.3 Å². The predicted molar refractivity (Wildman–Crippen MR) is 79.0 cm³/mol. The van der Waals surface area contributed by atoms with E-state index in [2.05, 4.69) is 5.32 Å². The maximum Gasteiger partial charge on any atom is 0.341 e. The van der Waals surface area contributed by atoms with E-state index in [0.717, 1.165) is 17.7 Å². The van der Waals surface area contributed by atoms with E-state index in [-0.39, 0.29) is 5.91 Å². The molecule has 0 spiro atoms. The topological polar surface area (TPSA) is 81.4 Å². The van der Waals surface area contributed by atoms with Gasteiger partial charge in [0.2, 0.25) is 5.91 Å². The molecule has 1 saturated carbocycles. The number of carbonyl (C=O) groups is 2. The van der Waals surface area contributed by atoms with Crippen molar-refractivity contribution in [2.45, 2.75) is 45.1 Å². The predicted octanol–water partition coefficient (Wildman–Crippen LogP) is 2.44. The van der Waals surface area contributed by atoms with Crippen LogP contribution in [0.15, 0.2) is 6.07 Å². The van der Waals surface area contributed by atoms with E-state index in [1.54, 1.807) is 13.0 Å². The van der Waals surface area contributed by atoms with Crippen molar-refractivity contribution in [2.75, 3.05) is 11.9 Å². The minimum absolute atomic E-state index is 0.206. The molecule has 110 valence electrons. The summed E-state index contributed by atoms with van der Waals surface area (Å²) in [7, 11) is 0. The van der Waals surface area contributed by atoms with Gasteiger partial charge in [0.15, 0.2) is 0 Å². The molecule has 0 saturated heterocycles. The number of thiophene rings is 1. The summed E-state index contributed by atoms with van der Waals surface area (Å²) in [4.78, 5) is 25.1. The maximum atomic E-state index is 12.3. The third-order valence-electron chi connectivity index (χ3n) is 3.53. The molecule has 20 heavy (non-hydrogen) atoms. The van der Waals surface area contributed by atoms with Gasteiger partial charge in [-0.2, -0.15) is 0 Å². The summed E-state index contributed by atoms with van der Waals surface area (Å²) in [5.74, 6) is -0.618. The molecule has 0 aromatic carbocycles. The number of carbonyl (C=O) groups excluding carboxylic acids is 2. The molecule has 0 unspecified atom stereocenters. The first-order valence-electron chi connectivity index (χ1n) is 6.84. The molecule has 1 amide bonds. The van der Waals surface area contributed by atoms with E-state index < -0.39 is 11.5 Å². The number of rotatable bonds is 4. The molecule has 0 atom stereocenters. The average molecular weight is 296 g/mol. The standard InChI is InChI=1S/C14H20N2O3S/c1-3-19-12(17)10-8-9(2)20-11(10)16-13(18)14(15)6-4-5-7-14/h8H,3-7,15H2,1-2H3,(H,16,18). The summed E-state index contributed by atoms with van der Waals surface area (Å²) in [6, 6.07) is 1.73. The molecule has 2 rings (SSSR count). The van der Waals surface area contributed by atoms with Gasteiger partial charge in [-0.15, -0.1) is 11.3 Å². The highest BCUT2D eigenvalue weighted by atomic mass is 32.1. The Morgan fingerprint density at radius 2 is 2.10 bits per heavy atom. The zero-order chi connectivity index (χ0) is 14.8. The number of nitrogens with two attached hydrogens (primary N) is 1. The molecular weight excluding hydrogens is 276 g/mol. The number of anilines is 1. The second-order valence-electron chi connectivity index (χ2n) is 5.14. The third-order valence-corrected chi connectivity index (χ3v) is 4.49. The van der Waals surface area contributed by atoms with Gasteiger partial charge < -0.3 is 15.8 Å². The fraction of sp³-hybridized carbons (Fsp3) is 0.571. The van der Waals surface area contributed by atoms with E-state index in [1.165, 1.54) is 11.3 Å². The highest BCUT2D eigenvalue weighted by molar-refractivity contribution is 7.16. The van der Waals surface area contributed by atoms with Crippen molar-refractivity contribution >= 4 is 28.2 Å². The fourth-order valence-corrected chi connectivity index (χ4v) is 3.32. The smallest absolute Gasteiger partial charge is 0.341 e. The summed E-state index contributed by atoms with van der Waals surface area (Å²) >= 11 is 1.37. The molecule has 1 aromatic rings. The largest absolute Gasteiger partial charge is 0.462 e. The molecule has 6 heteroatoms. The van der Waals surface area contributed by atoms with Crippen LogP contribution in [0.2, 0.25) is 0 Å². The lowest BCUT2D eigenvalue weighted by atomic mass is 9.98. The first kappa shape index (κ1) is 15.0. The normalized spacial score (nSPS) is 16.9. The highest BCUT2D eigenvalue weighted by Crippen LogP contribution is 2.32. The molecule has 1 aliphatic carbocycles. The number of amides is 1. The Morgan fingerprint density at radius 1 is 1.45 bits per heavy atom. The zero-order valence-electron chi connectivity index (χ0n) is 11.8. The van der Waals surface area contributed by atoms with E-state index in [0.29, 0.717) is 30.0 Å². The van der Waals surface area contributed by atoms with Gasteiger partial charge in [-0.1, -0.05) is 12.8 Å². The Labute approximate surface area is 122 Å². The van der Waals surface area contributed by atoms with E-state index in [4.69, 9.17) is 10.5 Å². The molecule has 1 heterocycles. The molecule has 0 radical (unpaired) electrons. The lowest BCUT2D eigenvalue weighted by Gasteiger charge is -2.22. The van der Waals surface area contributed by atoms with Crippen LogP contribution < -0.4 is 11.1 Å². The Hall–Kier alpha value is -1.40. The van der Waals surface area contributed by atoms with Gasteiger partial charge in [0, 0.05) is 4.88 Å². The summed E-state index contributed by atoms with van der Waals surface area (Å²) in [5.41, 5.74) is 5.72. The van der Waals surface area contributed by atoms with Crippen LogP contribution in [-0.4, -0.2) is 24.0 Å². The molecule has 1 fully saturated rings. The number of ether oxygens (including phenoxy) is 1. The second kappa shape index (κ2) is 5.93. The molecule has 3 N–H and O–H groups in total. The van der Waals surface area contributed by atoms with Crippen molar-refractivity contribution in [3.63, 3.8) is 0 Å². The van der Waals surface area contributed by atoms with Gasteiger partial charge >= 0.3 is 5.97 Å². The Morgan fingerprint density at radius 3 is 2.70 bits per heavy atom. The summed E-state index contributed by atoms with van der Waals surface area (Å²) < 4.78 is 5.00. The van der Waals surface area contributed by atoms with Crippen molar-refractivity contribution in [3.8, 4) is 0 Å². The van der Waals surface area contributed by atoms with Gasteiger partial charge in [-0.25, -0.2) is 4.79 Å². The summed E-state index contributed by atoms with van der Waals surface area (Å²) in [6.45, 7) is 3.95. The van der Waals surface area contributed by atoms with Crippen LogP contribution in [0.1, 0.15) is 47.8 Å². The van der Waals surface area contributed by atoms with Crippen LogP contribution in [0, 0.1) is 6.92 Å². The van der Waals surface area contributed by atoms with Gasteiger partial charge in [0.05, 0.1) is 17.7 Å². The zero-order valence-corrected chi connectivity index (χ0v) is 12.6. The molecule has 1 aliphatic rings. The minimum atomic E-state index is -0.802. The first-order valence-corrected chi connectivity index (χ1v) is 7.66. The molecule has 1 aromatic heterocycles. The third kappa shape index (κ3) is 3.02. The van der Waals surface area contributed by atoms with Crippen LogP contribution in [0.4, 0.5) is 5.00 Å². The summed E-state index contributed by atoms with van der Waals surface area (Å²) in [6.07, 6.45) is 3.33. The van der Waals surface area contributed by atoms with Gasteiger partial charge in [-0.05, 0) is 32.8 Å². The van der Waals surface area contributed by atoms with Crippen molar-refractivity contribution in [3.05, 3.63) is 16.5 Å². The van der Waals surface area contributed by atoms with Crippen LogP contribution in [-0.2, 0) is 9.53 Å². The molecule has 0 aliphatic heterocycles. The van der Waals surface area contributed by atoms with Gasteiger partial charge in [0.1, 0.15) is 5.00 Å². The lowest BCUT2D eigenvalue weighted by molar-refractivity contribution is -0.120. The first-order chi connectivity index (χ1) is 9.46. The van der Waals surface area contributed by atoms with Gasteiger partial charge in [-0.3, -0.25) is 4.79 Å². The Balaban J connectivity index is 2.16. The van der Waals surface area contributed by atoms with E-state index in [1.807, 2.05) is 6.92 Å². The van der Waals surface area contributed by atoms with Crippen LogP contribution >= 0.6 is 11.3 Å². The van der Waals surface area contributed by atoms with Crippen LogP contribution in [0.3, 0.4) is 0 Å². The maximum absolute atomic E-state index is 12.3. The Kier molecular flexibility index (Phi) is 4.45. The van der Waals surface area contributed by atoms with Crippen molar-refractivity contribution in [1.29, 1.82) is 0 Å². The SMILES string of the molecule is CCOC(=O)c1cc(C)sc1NC(=O)C1(N)CCCC1. The van der Waals surface area contributed by atoms with E-state index in [9.17, 15) is 9.59 Å². The van der Waals surface area contributed by atoms with Crippen molar-refractivity contribution in [1.82, 2.24) is 0 Å². The van der Waals surface area contributed by atoms with E-state index >= 15 is 0 Å². The second-order valence-corrected chi connectivity index (χ2v) is 6.39. The Bertz CT molecular complexity index is 518. The van der Waals surface area contributed by atoms with Crippen LogP contribution in [0.5, 0.6) is 0 Å². The summed E-state index contributed by atoms with van der Waals surface area (Å²) in [5, 5.41) is 3.34. The number of aryl methyl sites for hydroxylation is 1. The minimum Gasteiger partial charge on any atom is -0.462 e. The highest BCUT2D eigenvalue weighted by Gasteiger charge is 2.37. The molecule has 0 bridgehead atoms. The fourth-order valence-electron chi connectivity index (χ4n) is 2.43. The monoisotopic (exact) mass is 296 g/mol. The van der Waals surface area contributed by atoms with Crippen LogP contribution in [0.25, 0.3) is 0 Å². The number of esters is 1. The lowest BCUT2D eigenvalue weighted by Crippen LogP contribution is -2.48. The number of hydrogen-bond acceptors (Lipinski definition) is 5. The quantitative estimate of drug-likeness (QED) is 0.836. The molecule has 5 nitrogen and oxygen atoms in total. The van der Waals surface area contributed by atoms with Crippen molar-refractivity contribution in [2.24, 2.45) is 5.73 Å². The number of hydrogen-bond donors (Lipinski definition) is 2. The number of nitrogens with one attached hydrogen (secondary N) is 1. The average Bonchev–Trinajstić information content (AvgIpc) is 2.97. The van der Waals surface area contributed by atoms with Gasteiger partial charge in [0.25, 0.3) is 0 Å².